The van der Waals surface area contributed by atoms with Crippen LogP contribution < -0.4 is 30.0 Å². The molecule has 0 aliphatic carbocycles. The molecular formula is C19H17F3N6O4S. The first-order chi connectivity index (χ1) is 15.7. The maximum atomic E-state index is 12.5. The predicted octanol–water partition coefficient (Wildman–Crippen LogP) is 4.13. The lowest BCUT2D eigenvalue weighted by Crippen LogP contribution is -2.16. The number of methoxy groups -OCH3 is 3. The van der Waals surface area contributed by atoms with Crippen molar-refractivity contribution in [3.05, 3.63) is 30.3 Å². The second-order valence-corrected chi connectivity index (χ2v) is 7.43. The first kappa shape index (κ1) is 22.3. The highest BCUT2D eigenvalue weighted by Gasteiger charge is 2.31. The van der Waals surface area contributed by atoms with Gasteiger partial charge in [-0.3, -0.25) is 0 Å². The Kier molecular flexibility index (Phi) is 5.76. The van der Waals surface area contributed by atoms with Crippen LogP contribution in [0, 0.1) is 0 Å². The molecule has 0 radical (unpaired) electrons. The fourth-order valence-corrected chi connectivity index (χ4v) is 3.94. The van der Waals surface area contributed by atoms with Crippen LogP contribution in [0.25, 0.3) is 15.3 Å². The molecule has 174 valence electrons. The normalized spacial score (nSPS) is 11.5. The fourth-order valence-electron chi connectivity index (χ4n) is 2.98. The maximum absolute atomic E-state index is 12.5. The number of rotatable bonds is 7. The third-order valence-electron chi connectivity index (χ3n) is 4.32. The van der Waals surface area contributed by atoms with Gasteiger partial charge in [0.05, 0.1) is 31.5 Å². The van der Waals surface area contributed by atoms with Gasteiger partial charge in [-0.25, -0.2) is 4.98 Å². The molecule has 0 aliphatic heterocycles. The molecule has 0 unspecified atom stereocenters. The summed E-state index contributed by atoms with van der Waals surface area (Å²) in [6.07, 6.45) is -4.79. The van der Waals surface area contributed by atoms with E-state index < -0.39 is 6.36 Å². The Morgan fingerprint density at radius 3 is 2.30 bits per heavy atom. The van der Waals surface area contributed by atoms with Crippen LogP contribution in [-0.4, -0.2) is 47.4 Å². The molecule has 2 aromatic carbocycles. The number of benzene rings is 2. The average molecular weight is 482 g/mol. The van der Waals surface area contributed by atoms with Gasteiger partial charge >= 0.3 is 6.36 Å². The van der Waals surface area contributed by atoms with Crippen molar-refractivity contribution >= 4 is 39.1 Å². The molecule has 33 heavy (non-hydrogen) atoms. The Morgan fingerprint density at radius 2 is 1.70 bits per heavy atom. The monoisotopic (exact) mass is 482 g/mol. The second kappa shape index (κ2) is 8.54. The lowest BCUT2D eigenvalue weighted by atomic mass is 10.2. The molecule has 4 rings (SSSR count). The number of fused-ring (bicyclic) bond motifs is 1. The van der Waals surface area contributed by atoms with Crippen LogP contribution >= 0.6 is 11.3 Å². The van der Waals surface area contributed by atoms with Crippen LogP contribution in [0.2, 0.25) is 0 Å². The van der Waals surface area contributed by atoms with Crippen molar-refractivity contribution in [3.63, 3.8) is 0 Å². The summed E-state index contributed by atoms with van der Waals surface area (Å²) >= 11 is 1.08. The third kappa shape index (κ3) is 4.64. The summed E-state index contributed by atoms with van der Waals surface area (Å²) in [5, 5.41) is 7.61. The SMILES string of the molecule is COc1cc(Nc2nc(N)n(-c3nc4ccc(OC(F)(F)F)cc4s3)n2)cc(OC)c1OC. The summed E-state index contributed by atoms with van der Waals surface area (Å²) in [6, 6.07) is 7.17. The van der Waals surface area contributed by atoms with Crippen LogP contribution in [-0.2, 0) is 0 Å². The molecule has 0 atom stereocenters. The van der Waals surface area contributed by atoms with Crippen molar-refractivity contribution in [1.29, 1.82) is 0 Å². The molecule has 0 aliphatic rings. The largest absolute Gasteiger partial charge is 0.573 e. The first-order valence-electron chi connectivity index (χ1n) is 9.17. The summed E-state index contributed by atoms with van der Waals surface area (Å²) < 4.78 is 59.1. The van der Waals surface area contributed by atoms with E-state index in [1.54, 1.807) is 12.1 Å². The van der Waals surface area contributed by atoms with Gasteiger partial charge in [0.2, 0.25) is 22.8 Å². The molecule has 2 aromatic heterocycles. The summed E-state index contributed by atoms with van der Waals surface area (Å²) in [4.78, 5) is 8.53. The molecule has 0 fully saturated rings. The minimum atomic E-state index is -4.79. The lowest BCUT2D eigenvalue weighted by molar-refractivity contribution is -0.274. The van der Waals surface area contributed by atoms with E-state index in [1.807, 2.05) is 0 Å². The van der Waals surface area contributed by atoms with E-state index in [9.17, 15) is 13.2 Å². The minimum absolute atomic E-state index is 0.0239. The molecule has 3 N–H and O–H groups in total. The Hall–Kier alpha value is -3.94. The van der Waals surface area contributed by atoms with E-state index in [4.69, 9.17) is 19.9 Å². The predicted molar refractivity (Wildman–Crippen MR) is 115 cm³/mol. The van der Waals surface area contributed by atoms with Crippen LogP contribution in [0.15, 0.2) is 30.3 Å². The molecule has 0 bridgehead atoms. The first-order valence-corrected chi connectivity index (χ1v) is 9.98. The summed E-state index contributed by atoms with van der Waals surface area (Å²) in [6.45, 7) is 0. The van der Waals surface area contributed by atoms with E-state index in [1.165, 1.54) is 44.2 Å². The van der Waals surface area contributed by atoms with E-state index in [2.05, 4.69) is 25.1 Å². The van der Waals surface area contributed by atoms with Crippen LogP contribution in [0.5, 0.6) is 23.0 Å². The van der Waals surface area contributed by atoms with Crippen molar-refractivity contribution < 1.29 is 32.1 Å². The minimum Gasteiger partial charge on any atom is -0.493 e. The fraction of sp³-hybridized carbons (Fsp3) is 0.211. The number of nitrogen functional groups attached to an aromatic ring is 1. The van der Waals surface area contributed by atoms with Crippen molar-refractivity contribution in [2.24, 2.45) is 0 Å². The zero-order valence-electron chi connectivity index (χ0n) is 17.4. The van der Waals surface area contributed by atoms with E-state index in [0.717, 1.165) is 11.3 Å². The number of nitrogens with one attached hydrogen (secondary N) is 1. The number of anilines is 3. The molecular weight excluding hydrogens is 465 g/mol. The number of nitrogens with two attached hydrogens (primary N) is 1. The van der Waals surface area contributed by atoms with Gasteiger partial charge in [0.15, 0.2) is 11.5 Å². The summed E-state index contributed by atoms with van der Waals surface area (Å²) in [5.74, 6) is 1.11. The van der Waals surface area contributed by atoms with Gasteiger partial charge in [-0.2, -0.15) is 9.67 Å². The molecule has 0 amide bonds. The highest BCUT2D eigenvalue weighted by Crippen LogP contribution is 2.40. The van der Waals surface area contributed by atoms with Crippen molar-refractivity contribution in [3.8, 4) is 28.1 Å². The highest BCUT2D eigenvalue weighted by molar-refractivity contribution is 7.20. The molecule has 14 heteroatoms. The molecule has 2 heterocycles. The van der Waals surface area contributed by atoms with Gasteiger partial charge in [-0.1, -0.05) is 11.3 Å². The lowest BCUT2D eigenvalue weighted by Gasteiger charge is -2.14. The molecule has 4 aromatic rings. The molecule has 0 saturated carbocycles. The number of halogens is 3. The number of hydrogen-bond donors (Lipinski definition) is 2. The number of nitrogens with zero attached hydrogens (tertiary/aromatic N) is 4. The average Bonchev–Trinajstić information content (AvgIpc) is 3.34. The van der Waals surface area contributed by atoms with E-state index in [0.29, 0.717) is 38.3 Å². The zero-order chi connectivity index (χ0) is 23.8. The number of aromatic nitrogens is 4. The Balaban J connectivity index is 1.63. The Morgan fingerprint density at radius 1 is 1.00 bits per heavy atom. The number of alkyl halides is 3. The van der Waals surface area contributed by atoms with Gasteiger partial charge in [0.1, 0.15) is 5.75 Å². The van der Waals surface area contributed by atoms with E-state index in [-0.39, 0.29) is 17.6 Å². The standard InChI is InChI=1S/C19H17F3N6O4S/c1-29-12-6-9(7-13(30-2)15(12)31-3)24-17-26-16(23)28(27-17)18-25-11-5-4-10(8-14(11)33-18)32-19(20,21)22/h4-8H,1-3H3,(H3,23,24,26,27). The van der Waals surface area contributed by atoms with Gasteiger partial charge in [0, 0.05) is 23.9 Å². The van der Waals surface area contributed by atoms with Crippen LogP contribution in [0.4, 0.5) is 30.8 Å². The maximum Gasteiger partial charge on any atom is 0.573 e. The van der Waals surface area contributed by atoms with Gasteiger partial charge < -0.3 is 30.0 Å². The van der Waals surface area contributed by atoms with Gasteiger partial charge in [-0.15, -0.1) is 18.3 Å². The summed E-state index contributed by atoms with van der Waals surface area (Å²) in [7, 11) is 4.47. The molecule has 0 saturated heterocycles. The Labute approximate surface area is 188 Å². The van der Waals surface area contributed by atoms with Crippen LogP contribution in [0.1, 0.15) is 0 Å². The summed E-state index contributed by atoms with van der Waals surface area (Å²) in [5.41, 5.74) is 6.99. The quantitative estimate of drug-likeness (QED) is 0.401. The topological polar surface area (TPSA) is 119 Å². The Bertz CT molecular complexity index is 1280. The van der Waals surface area contributed by atoms with E-state index >= 15 is 0 Å². The number of ether oxygens (including phenoxy) is 4. The highest BCUT2D eigenvalue weighted by atomic mass is 32.1. The number of hydrogen-bond acceptors (Lipinski definition) is 10. The van der Waals surface area contributed by atoms with Crippen molar-refractivity contribution in [2.45, 2.75) is 6.36 Å². The van der Waals surface area contributed by atoms with Gasteiger partial charge in [-0.05, 0) is 12.1 Å². The molecule has 0 spiro atoms. The zero-order valence-corrected chi connectivity index (χ0v) is 18.2. The van der Waals surface area contributed by atoms with Crippen molar-refractivity contribution in [1.82, 2.24) is 19.7 Å². The van der Waals surface area contributed by atoms with Gasteiger partial charge in [0.25, 0.3) is 0 Å². The van der Waals surface area contributed by atoms with Crippen molar-refractivity contribution in [2.75, 3.05) is 32.4 Å². The second-order valence-electron chi connectivity index (χ2n) is 6.42. The smallest absolute Gasteiger partial charge is 0.493 e. The number of thiazole rings is 1. The third-order valence-corrected chi connectivity index (χ3v) is 5.31. The molecule has 10 nitrogen and oxygen atoms in total. The van der Waals surface area contributed by atoms with Crippen LogP contribution in [0.3, 0.4) is 0 Å².